The molecule has 0 aromatic heterocycles. The fourth-order valence-corrected chi connectivity index (χ4v) is 2.15. The van der Waals surface area contributed by atoms with Crippen molar-refractivity contribution in [3.8, 4) is 11.1 Å². The van der Waals surface area contributed by atoms with Crippen LogP contribution in [0.1, 0.15) is 5.56 Å². The minimum Gasteiger partial charge on any atom is -0.0876 e. The highest BCUT2D eigenvalue weighted by Gasteiger charge is 2.03. The van der Waals surface area contributed by atoms with Gasteiger partial charge < -0.3 is 0 Å². The van der Waals surface area contributed by atoms with Crippen LogP contribution in [0.25, 0.3) is 11.1 Å². The van der Waals surface area contributed by atoms with E-state index in [9.17, 15) is 0 Å². The molecule has 2 rings (SSSR count). The van der Waals surface area contributed by atoms with Crippen molar-refractivity contribution in [3.63, 3.8) is 0 Å². The predicted molar refractivity (Wildman–Crippen MR) is 69.5 cm³/mol. The maximum Gasteiger partial charge on any atom is 0.0487 e. The van der Waals surface area contributed by atoms with Crippen LogP contribution in [0.5, 0.6) is 0 Å². The molecule has 0 aliphatic carbocycles. The first kappa shape index (κ1) is 10.7. The third-order valence-electron chi connectivity index (χ3n) is 2.27. The summed E-state index contributed by atoms with van der Waals surface area (Å²) < 4.78 is 0. The molecule has 0 nitrogen and oxygen atoms in total. The lowest BCUT2D eigenvalue weighted by Crippen LogP contribution is -1.82. The Bertz CT molecular complexity index is 451. The standard InChI is InChI=1S/C13H10BrCl/c14-9-10-6-7-12(13(15)8-10)11-4-2-1-3-5-11/h1-8H,9H2. The Hall–Kier alpha value is -0.790. The quantitative estimate of drug-likeness (QED) is 0.687. The summed E-state index contributed by atoms with van der Waals surface area (Å²) in [4.78, 5) is 0. The van der Waals surface area contributed by atoms with Gasteiger partial charge in [0.25, 0.3) is 0 Å². The van der Waals surface area contributed by atoms with Crippen molar-refractivity contribution in [2.45, 2.75) is 5.33 Å². The van der Waals surface area contributed by atoms with Crippen LogP contribution in [0.2, 0.25) is 5.02 Å². The molecule has 0 heterocycles. The highest BCUT2D eigenvalue weighted by Crippen LogP contribution is 2.28. The maximum atomic E-state index is 6.22. The molecule has 0 amide bonds. The van der Waals surface area contributed by atoms with Gasteiger partial charge in [0.1, 0.15) is 0 Å². The van der Waals surface area contributed by atoms with Crippen molar-refractivity contribution in [2.75, 3.05) is 0 Å². The summed E-state index contributed by atoms with van der Waals surface area (Å²) in [5, 5.41) is 1.64. The maximum absolute atomic E-state index is 6.22. The summed E-state index contributed by atoms with van der Waals surface area (Å²) in [6.45, 7) is 0. The van der Waals surface area contributed by atoms with E-state index in [-0.39, 0.29) is 0 Å². The van der Waals surface area contributed by atoms with Crippen LogP contribution in [0.4, 0.5) is 0 Å². The van der Waals surface area contributed by atoms with E-state index in [1.165, 1.54) is 5.56 Å². The number of benzene rings is 2. The molecule has 0 fully saturated rings. The third-order valence-corrected chi connectivity index (χ3v) is 3.23. The van der Waals surface area contributed by atoms with E-state index in [1.54, 1.807) is 0 Å². The highest BCUT2D eigenvalue weighted by atomic mass is 79.9. The van der Waals surface area contributed by atoms with E-state index >= 15 is 0 Å². The van der Waals surface area contributed by atoms with Gasteiger partial charge in [-0.3, -0.25) is 0 Å². The van der Waals surface area contributed by atoms with Crippen LogP contribution >= 0.6 is 27.5 Å². The first-order chi connectivity index (χ1) is 7.31. The smallest absolute Gasteiger partial charge is 0.0487 e. The Morgan fingerprint density at radius 2 is 1.73 bits per heavy atom. The Morgan fingerprint density at radius 1 is 1.00 bits per heavy atom. The number of alkyl halides is 1. The molecular formula is C13H10BrCl. The van der Waals surface area contributed by atoms with Gasteiger partial charge >= 0.3 is 0 Å². The van der Waals surface area contributed by atoms with Crippen LogP contribution in [0, 0.1) is 0 Å². The van der Waals surface area contributed by atoms with E-state index in [0.717, 1.165) is 21.5 Å². The van der Waals surface area contributed by atoms with E-state index in [2.05, 4.69) is 40.2 Å². The molecule has 2 aromatic carbocycles. The summed E-state index contributed by atoms with van der Waals surface area (Å²) in [5.74, 6) is 0. The first-order valence-electron chi connectivity index (χ1n) is 4.71. The van der Waals surface area contributed by atoms with Gasteiger partial charge in [0, 0.05) is 15.9 Å². The van der Waals surface area contributed by atoms with Crippen molar-refractivity contribution in [2.24, 2.45) is 0 Å². The van der Waals surface area contributed by atoms with Gasteiger partial charge in [0.15, 0.2) is 0 Å². The summed E-state index contributed by atoms with van der Waals surface area (Å²) in [6.07, 6.45) is 0. The average molecular weight is 282 g/mol. The summed E-state index contributed by atoms with van der Waals surface area (Å²) >= 11 is 9.64. The SMILES string of the molecule is Clc1cc(CBr)ccc1-c1ccccc1. The van der Waals surface area contributed by atoms with Crippen molar-refractivity contribution in [1.82, 2.24) is 0 Å². The molecule has 0 aliphatic heterocycles. The molecule has 2 heteroatoms. The van der Waals surface area contributed by atoms with Crippen molar-refractivity contribution >= 4 is 27.5 Å². The zero-order chi connectivity index (χ0) is 10.7. The van der Waals surface area contributed by atoms with Crippen LogP contribution < -0.4 is 0 Å². The van der Waals surface area contributed by atoms with Crippen LogP contribution in [-0.4, -0.2) is 0 Å². The van der Waals surface area contributed by atoms with E-state index in [4.69, 9.17) is 11.6 Å². The molecule has 0 radical (unpaired) electrons. The summed E-state index contributed by atoms with van der Waals surface area (Å²) in [7, 11) is 0. The number of hydrogen-bond donors (Lipinski definition) is 0. The topological polar surface area (TPSA) is 0 Å². The fourth-order valence-electron chi connectivity index (χ4n) is 1.49. The van der Waals surface area contributed by atoms with Crippen molar-refractivity contribution in [3.05, 3.63) is 59.1 Å². The second kappa shape index (κ2) is 4.82. The minimum atomic E-state index is 0.804. The lowest BCUT2D eigenvalue weighted by molar-refractivity contribution is 1.43. The summed E-state index contributed by atoms with van der Waals surface area (Å²) in [6, 6.07) is 16.3. The molecule has 0 atom stereocenters. The van der Waals surface area contributed by atoms with E-state index in [1.807, 2.05) is 24.3 Å². The van der Waals surface area contributed by atoms with Gasteiger partial charge in [0.05, 0.1) is 0 Å². The van der Waals surface area contributed by atoms with E-state index < -0.39 is 0 Å². The second-order valence-electron chi connectivity index (χ2n) is 3.31. The second-order valence-corrected chi connectivity index (χ2v) is 4.28. The molecule has 15 heavy (non-hydrogen) atoms. The molecule has 0 N–H and O–H groups in total. The molecule has 0 spiro atoms. The number of rotatable bonds is 2. The van der Waals surface area contributed by atoms with Crippen molar-refractivity contribution in [1.29, 1.82) is 0 Å². The Labute approximate surface area is 103 Å². The predicted octanol–water partition coefficient (Wildman–Crippen LogP) is 4.90. The van der Waals surface area contributed by atoms with Crippen LogP contribution in [0.15, 0.2) is 48.5 Å². The zero-order valence-electron chi connectivity index (χ0n) is 8.08. The number of hydrogen-bond acceptors (Lipinski definition) is 0. The number of halogens is 2. The van der Waals surface area contributed by atoms with E-state index in [0.29, 0.717) is 0 Å². The monoisotopic (exact) mass is 280 g/mol. The lowest BCUT2D eigenvalue weighted by atomic mass is 10.0. The lowest BCUT2D eigenvalue weighted by Gasteiger charge is -2.05. The Kier molecular flexibility index (Phi) is 3.45. The average Bonchev–Trinajstić information content (AvgIpc) is 2.30. The van der Waals surface area contributed by atoms with Gasteiger partial charge in [-0.1, -0.05) is 70.0 Å². The van der Waals surface area contributed by atoms with Gasteiger partial charge in [0.2, 0.25) is 0 Å². The van der Waals surface area contributed by atoms with Crippen molar-refractivity contribution < 1.29 is 0 Å². The normalized spacial score (nSPS) is 10.3. The fraction of sp³-hybridized carbons (Fsp3) is 0.0769. The first-order valence-corrected chi connectivity index (χ1v) is 6.21. The van der Waals surface area contributed by atoms with Crippen LogP contribution in [-0.2, 0) is 5.33 Å². The van der Waals surface area contributed by atoms with Crippen LogP contribution in [0.3, 0.4) is 0 Å². The largest absolute Gasteiger partial charge is 0.0876 e. The molecular weight excluding hydrogens is 272 g/mol. The molecule has 0 aliphatic rings. The Morgan fingerprint density at radius 3 is 2.33 bits per heavy atom. The summed E-state index contributed by atoms with van der Waals surface area (Å²) in [5.41, 5.74) is 3.44. The van der Waals surface area contributed by atoms with Gasteiger partial charge in [-0.25, -0.2) is 0 Å². The van der Waals surface area contributed by atoms with Gasteiger partial charge in [-0.2, -0.15) is 0 Å². The minimum absolute atomic E-state index is 0.804. The molecule has 76 valence electrons. The molecule has 0 unspecified atom stereocenters. The molecule has 2 aromatic rings. The zero-order valence-corrected chi connectivity index (χ0v) is 10.4. The highest BCUT2D eigenvalue weighted by molar-refractivity contribution is 9.08. The van der Waals surface area contributed by atoms with Gasteiger partial charge in [-0.15, -0.1) is 0 Å². The third kappa shape index (κ3) is 2.42. The Balaban J connectivity index is 2.46. The molecule has 0 saturated heterocycles. The molecule has 0 saturated carbocycles. The molecule has 0 bridgehead atoms. The van der Waals surface area contributed by atoms with Gasteiger partial charge in [-0.05, 0) is 17.2 Å².